The number of amides is 2. The molecule has 1 atom stereocenters. The lowest BCUT2D eigenvalue weighted by Crippen LogP contribution is -2.53. The number of benzene rings is 4. The van der Waals surface area contributed by atoms with Crippen LogP contribution in [0.15, 0.2) is 125 Å². The Morgan fingerprint density at radius 2 is 1.36 bits per heavy atom. The summed E-state index contributed by atoms with van der Waals surface area (Å²) in [7, 11) is -4.10. The zero-order valence-electron chi connectivity index (χ0n) is 23.4. The quantitative estimate of drug-likeness (QED) is 0.198. The highest BCUT2D eigenvalue weighted by atomic mass is 79.9. The molecule has 0 aliphatic heterocycles. The molecule has 218 valence electrons. The minimum Gasteiger partial charge on any atom is -0.354 e. The van der Waals surface area contributed by atoms with Crippen molar-refractivity contribution >= 4 is 43.5 Å². The number of carbonyl (C=O) groups is 2. The molecular weight excluding hydrogens is 614 g/mol. The van der Waals surface area contributed by atoms with Crippen LogP contribution in [0.4, 0.5) is 5.69 Å². The lowest BCUT2D eigenvalue weighted by molar-refractivity contribution is -0.140. The molecule has 4 aromatic carbocycles. The third-order valence-corrected chi connectivity index (χ3v) is 9.06. The first-order valence-corrected chi connectivity index (χ1v) is 16.0. The molecule has 0 unspecified atom stereocenters. The number of sulfonamides is 1. The fourth-order valence-electron chi connectivity index (χ4n) is 4.55. The average molecular weight is 649 g/mol. The van der Waals surface area contributed by atoms with Gasteiger partial charge in [0.25, 0.3) is 10.0 Å². The third kappa shape index (κ3) is 8.08. The summed E-state index contributed by atoms with van der Waals surface area (Å²) in [5.74, 6) is -0.780. The molecule has 0 aliphatic rings. The molecule has 0 aromatic heterocycles. The molecule has 1 N–H and O–H groups in total. The maximum Gasteiger partial charge on any atom is 0.264 e. The van der Waals surface area contributed by atoms with Gasteiger partial charge in [0.1, 0.15) is 12.6 Å². The van der Waals surface area contributed by atoms with Gasteiger partial charge in [-0.2, -0.15) is 0 Å². The summed E-state index contributed by atoms with van der Waals surface area (Å²) >= 11 is 3.45. The predicted octanol–water partition coefficient (Wildman–Crippen LogP) is 5.81. The zero-order chi connectivity index (χ0) is 30.0. The van der Waals surface area contributed by atoms with Gasteiger partial charge in [0.15, 0.2) is 0 Å². The first-order chi connectivity index (χ1) is 20.3. The van der Waals surface area contributed by atoms with Gasteiger partial charge in [0.05, 0.1) is 10.6 Å². The van der Waals surface area contributed by atoms with Crippen molar-refractivity contribution in [2.45, 2.75) is 37.2 Å². The minimum absolute atomic E-state index is 0.0719. The van der Waals surface area contributed by atoms with Crippen molar-refractivity contribution in [2.24, 2.45) is 0 Å². The van der Waals surface area contributed by atoms with E-state index >= 15 is 0 Å². The van der Waals surface area contributed by atoms with Crippen LogP contribution in [0.1, 0.15) is 24.5 Å². The Balaban J connectivity index is 1.76. The predicted molar refractivity (Wildman–Crippen MR) is 169 cm³/mol. The molecule has 42 heavy (non-hydrogen) atoms. The molecule has 0 saturated carbocycles. The van der Waals surface area contributed by atoms with Crippen molar-refractivity contribution in [3.05, 3.63) is 131 Å². The van der Waals surface area contributed by atoms with Gasteiger partial charge in [-0.3, -0.25) is 13.9 Å². The maximum absolute atomic E-state index is 14.3. The fraction of sp³-hybridized carbons (Fsp3) is 0.212. The molecular formula is C33H34BrN3O4S. The van der Waals surface area contributed by atoms with Gasteiger partial charge < -0.3 is 10.2 Å². The number of hydrogen-bond donors (Lipinski definition) is 1. The Morgan fingerprint density at radius 3 is 1.95 bits per heavy atom. The van der Waals surface area contributed by atoms with Crippen LogP contribution in [0.2, 0.25) is 0 Å². The summed E-state index contributed by atoms with van der Waals surface area (Å²) < 4.78 is 29.8. The van der Waals surface area contributed by atoms with Gasteiger partial charge in [0, 0.05) is 24.0 Å². The van der Waals surface area contributed by atoms with Gasteiger partial charge in [-0.25, -0.2) is 8.42 Å². The summed E-state index contributed by atoms with van der Waals surface area (Å²) in [6, 6.07) is 32.7. The molecule has 0 aliphatic carbocycles. The van der Waals surface area contributed by atoms with Crippen LogP contribution in [-0.2, 0) is 32.6 Å². The van der Waals surface area contributed by atoms with E-state index in [-0.39, 0.29) is 23.8 Å². The second kappa shape index (κ2) is 14.8. The van der Waals surface area contributed by atoms with E-state index in [0.717, 1.165) is 26.3 Å². The van der Waals surface area contributed by atoms with Crippen LogP contribution in [0, 0.1) is 0 Å². The molecule has 2 amide bonds. The Bertz CT molecular complexity index is 1550. The van der Waals surface area contributed by atoms with E-state index < -0.39 is 28.5 Å². The second-order valence-electron chi connectivity index (χ2n) is 9.80. The number of anilines is 1. The van der Waals surface area contributed by atoms with E-state index in [9.17, 15) is 18.0 Å². The number of hydrogen-bond acceptors (Lipinski definition) is 4. The van der Waals surface area contributed by atoms with Crippen molar-refractivity contribution in [3.8, 4) is 0 Å². The monoisotopic (exact) mass is 647 g/mol. The first kappa shape index (κ1) is 31.0. The zero-order valence-corrected chi connectivity index (χ0v) is 25.8. The van der Waals surface area contributed by atoms with E-state index in [1.807, 2.05) is 61.5 Å². The molecule has 0 fully saturated rings. The highest BCUT2D eigenvalue weighted by molar-refractivity contribution is 9.10. The first-order valence-electron chi connectivity index (χ1n) is 13.8. The van der Waals surface area contributed by atoms with Crippen molar-refractivity contribution < 1.29 is 18.0 Å². The highest BCUT2D eigenvalue weighted by Gasteiger charge is 2.34. The Kier molecular flexibility index (Phi) is 10.9. The van der Waals surface area contributed by atoms with E-state index in [2.05, 4.69) is 21.2 Å². The van der Waals surface area contributed by atoms with E-state index in [4.69, 9.17) is 0 Å². The van der Waals surface area contributed by atoms with Gasteiger partial charge >= 0.3 is 0 Å². The van der Waals surface area contributed by atoms with Crippen molar-refractivity contribution in [2.75, 3.05) is 17.4 Å². The van der Waals surface area contributed by atoms with Crippen LogP contribution >= 0.6 is 15.9 Å². The third-order valence-electron chi connectivity index (χ3n) is 6.74. The molecule has 4 rings (SSSR count). The Hall–Kier alpha value is -3.95. The summed E-state index contributed by atoms with van der Waals surface area (Å²) in [5.41, 5.74) is 2.05. The summed E-state index contributed by atoms with van der Waals surface area (Å²) in [6.45, 7) is 2.06. The number of para-hydroxylation sites is 1. The topological polar surface area (TPSA) is 86.8 Å². The van der Waals surface area contributed by atoms with Crippen LogP contribution < -0.4 is 9.62 Å². The van der Waals surface area contributed by atoms with Crippen molar-refractivity contribution in [1.29, 1.82) is 0 Å². The van der Waals surface area contributed by atoms with Crippen molar-refractivity contribution in [3.63, 3.8) is 0 Å². The Labute approximate surface area is 256 Å². The fourth-order valence-corrected chi connectivity index (χ4v) is 6.25. The summed E-state index contributed by atoms with van der Waals surface area (Å²) in [4.78, 5) is 29.5. The number of halogens is 1. The number of carbonyl (C=O) groups excluding carboxylic acids is 2. The van der Waals surface area contributed by atoms with Gasteiger partial charge in [-0.1, -0.05) is 102 Å². The largest absolute Gasteiger partial charge is 0.354 e. The van der Waals surface area contributed by atoms with E-state index in [1.165, 1.54) is 17.0 Å². The van der Waals surface area contributed by atoms with Gasteiger partial charge in [-0.05, 0) is 53.9 Å². The van der Waals surface area contributed by atoms with Gasteiger partial charge in [-0.15, -0.1) is 0 Å². The summed E-state index contributed by atoms with van der Waals surface area (Å²) in [5, 5.41) is 2.95. The molecule has 0 heterocycles. The molecule has 7 nitrogen and oxygen atoms in total. The number of rotatable bonds is 13. The van der Waals surface area contributed by atoms with Crippen molar-refractivity contribution in [1.82, 2.24) is 10.2 Å². The molecule has 0 radical (unpaired) electrons. The average Bonchev–Trinajstić information content (AvgIpc) is 3.02. The van der Waals surface area contributed by atoms with E-state index in [1.54, 1.807) is 48.5 Å². The van der Waals surface area contributed by atoms with E-state index in [0.29, 0.717) is 12.2 Å². The SMILES string of the molecule is CCCNC(=O)[C@@H](Cc1ccccc1)N(Cc1ccc(Br)cc1)C(=O)CN(c1ccccc1)S(=O)(=O)c1ccccc1. The lowest BCUT2D eigenvalue weighted by Gasteiger charge is -2.34. The van der Waals surface area contributed by atoms with Crippen LogP contribution in [0.5, 0.6) is 0 Å². The molecule has 4 aromatic rings. The molecule has 0 saturated heterocycles. The summed E-state index contributed by atoms with van der Waals surface area (Å²) in [6.07, 6.45) is 1.01. The maximum atomic E-state index is 14.3. The lowest BCUT2D eigenvalue weighted by atomic mass is 10.0. The smallest absolute Gasteiger partial charge is 0.264 e. The van der Waals surface area contributed by atoms with Crippen LogP contribution in [0.25, 0.3) is 0 Å². The highest BCUT2D eigenvalue weighted by Crippen LogP contribution is 2.25. The minimum atomic E-state index is -4.10. The van der Waals surface area contributed by atoms with Crippen LogP contribution in [-0.4, -0.2) is 44.3 Å². The van der Waals surface area contributed by atoms with Crippen LogP contribution in [0.3, 0.4) is 0 Å². The second-order valence-corrected chi connectivity index (χ2v) is 12.6. The molecule has 0 bridgehead atoms. The van der Waals surface area contributed by atoms with Gasteiger partial charge in [0.2, 0.25) is 11.8 Å². The number of nitrogens with one attached hydrogen (secondary N) is 1. The number of nitrogens with zero attached hydrogens (tertiary/aromatic N) is 2. The molecule has 0 spiro atoms. The Morgan fingerprint density at radius 1 is 0.786 bits per heavy atom. The normalized spacial score (nSPS) is 11.9. The standard InChI is InChI=1S/C33H34BrN3O4S/c1-2-22-35-33(39)31(23-26-12-6-3-7-13-26)36(24-27-18-20-28(34)21-19-27)32(38)25-37(29-14-8-4-9-15-29)42(40,41)30-16-10-5-11-17-30/h3-21,31H,2,22-25H2,1H3,(H,35,39)/t31-/m1/s1. The molecule has 9 heteroatoms.